The van der Waals surface area contributed by atoms with E-state index in [1.165, 1.54) is 0 Å². The Morgan fingerprint density at radius 1 is 1.25 bits per heavy atom. The normalized spacial score (nSPS) is 11.0. The number of hydrogen-bond donors (Lipinski definition) is 1. The van der Waals surface area contributed by atoms with Crippen molar-refractivity contribution in [3.63, 3.8) is 0 Å². The molecule has 0 aliphatic rings. The molecule has 0 spiro atoms. The summed E-state index contributed by atoms with van der Waals surface area (Å²) in [6.45, 7) is 7.95. The Morgan fingerprint density at radius 2 is 1.96 bits per heavy atom. The lowest BCUT2D eigenvalue weighted by Gasteiger charge is -2.11. The van der Waals surface area contributed by atoms with Crippen LogP contribution in [0.5, 0.6) is 0 Å². The van der Waals surface area contributed by atoms with Crippen LogP contribution in [0.25, 0.3) is 0 Å². The fraction of sp³-hybridized carbons (Fsp3) is 0.500. The predicted octanol–water partition coefficient (Wildman–Crippen LogP) is 3.33. The number of aromatic nitrogens is 3. The third-order valence-electron chi connectivity index (χ3n) is 3.70. The van der Waals surface area contributed by atoms with Gasteiger partial charge in [0.25, 0.3) is 5.91 Å². The van der Waals surface area contributed by atoms with Crippen LogP contribution in [0.2, 0.25) is 0 Å². The Hall–Kier alpha value is -1.82. The monoisotopic (exact) mass is 346 g/mol. The number of nitrogens with zero attached hydrogens (tertiary/aromatic N) is 3. The first-order chi connectivity index (χ1) is 11.5. The molecule has 0 bridgehead atoms. The highest BCUT2D eigenvalue weighted by Gasteiger charge is 2.12. The molecule has 0 aliphatic carbocycles. The van der Waals surface area contributed by atoms with Gasteiger partial charge < -0.3 is 9.88 Å². The first-order valence-corrected chi connectivity index (χ1v) is 9.54. The van der Waals surface area contributed by atoms with Gasteiger partial charge in [-0.2, -0.15) is 0 Å². The van der Waals surface area contributed by atoms with E-state index in [9.17, 15) is 4.79 Å². The molecule has 0 atom stereocenters. The number of rotatable bonds is 8. The van der Waals surface area contributed by atoms with Crippen molar-refractivity contribution in [2.75, 3.05) is 12.8 Å². The summed E-state index contributed by atoms with van der Waals surface area (Å²) < 4.78 is 2.19. The van der Waals surface area contributed by atoms with E-state index in [0.717, 1.165) is 35.9 Å². The average molecular weight is 347 g/mol. The lowest BCUT2D eigenvalue weighted by molar-refractivity contribution is 0.0953. The summed E-state index contributed by atoms with van der Waals surface area (Å²) in [5.74, 6) is 1.52. The van der Waals surface area contributed by atoms with Gasteiger partial charge in [0, 0.05) is 25.1 Å². The van der Waals surface area contributed by atoms with Crippen molar-refractivity contribution >= 4 is 17.7 Å². The minimum Gasteiger partial charge on any atom is -0.352 e. The van der Waals surface area contributed by atoms with Gasteiger partial charge in [0.15, 0.2) is 5.16 Å². The summed E-state index contributed by atoms with van der Waals surface area (Å²) in [4.78, 5) is 12.1. The molecule has 24 heavy (non-hydrogen) atoms. The van der Waals surface area contributed by atoms with E-state index >= 15 is 0 Å². The Labute approximate surface area is 148 Å². The third kappa shape index (κ3) is 5.09. The van der Waals surface area contributed by atoms with Crippen LogP contribution in [-0.2, 0) is 13.0 Å². The maximum atomic E-state index is 12.1. The highest BCUT2D eigenvalue weighted by atomic mass is 32.2. The first kappa shape index (κ1) is 18.5. The minimum atomic E-state index is -0.0246. The Bertz CT molecular complexity index is 664. The van der Waals surface area contributed by atoms with E-state index in [0.29, 0.717) is 18.0 Å². The lowest BCUT2D eigenvalue weighted by atomic mass is 10.1. The summed E-state index contributed by atoms with van der Waals surface area (Å²) in [5.41, 5.74) is 1.86. The quantitative estimate of drug-likeness (QED) is 0.588. The average Bonchev–Trinajstić information content (AvgIpc) is 2.93. The lowest BCUT2D eigenvalue weighted by Crippen LogP contribution is -2.25. The van der Waals surface area contributed by atoms with Gasteiger partial charge in [0.05, 0.1) is 0 Å². The summed E-state index contributed by atoms with van der Waals surface area (Å²) >= 11 is 1.62. The van der Waals surface area contributed by atoms with E-state index in [4.69, 9.17) is 0 Å². The topological polar surface area (TPSA) is 59.8 Å². The second-order valence-corrected chi connectivity index (χ2v) is 7.11. The van der Waals surface area contributed by atoms with Crippen LogP contribution in [0, 0.1) is 12.8 Å². The molecule has 5 nitrogen and oxygen atoms in total. The summed E-state index contributed by atoms with van der Waals surface area (Å²) in [7, 11) is 0. The number of carbonyl (C=O) groups is 1. The molecule has 1 N–H and O–H groups in total. The SMILES string of the molecule is CSc1nnc(CCCNC(=O)c2ccc(C)cc2)n1CC(C)C. The number of amides is 1. The number of thioether (sulfide) groups is 1. The molecule has 0 fully saturated rings. The number of nitrogens with one attached hydrogen (secondary N) is 1. The highest BCUT2D eigenvalue weighted by molar-refractivity contribution is 7.98. The van der Waals surface area contributed by atoms with Crippen molar-refractivity contribution < 1.29 is 4.79 Å². The standard InChI is InChI=1S/C18H26N4OS/c1-13(2)12-22-16(20-21-18(22)24-4)6-5-11-19-17(23)15-9-7-14(3)8-10-15/h7-10,13H,5-6,11-12H2,1-4H3,(H,19,23). The van der Waals surface area contributed by atoms with E-state index < -0.39 is 0 Å². The highest BCUT2D eigenvalue weighted by Crippen LogP contribution is 2.16. The molecule has 2 rings (SSSR count). The predicted molar refractivity (Wildman–Crippen MR) is 98.5 cm³/mol. The summed E-state index contributed by atoms with van der Waals surface area (Å²) in [6, 6.07) is 7.61. The van der Waals surface area contributed by atoms with Gasteiger partial charge in [-0.1, -0.05) is 43.3 Å². The van der Waals surface area contributed by atoms with Crippen molar-refractivity contribution in [1.29, 1.82) is 0 Å². The smallest absolute Gasteiger partial charge is 0.251 e. The van der Waals surface area contributed by atoms with Crippen molar-refractivity contribution in [2.45, 2.75) is 45.3 Å². The summed E-state index contributed by atoms with van der Waals surface area (Å²) in [6.07, 6.45) is 3.68. The molecule has 1 heterocycles. The molecule has 0 saturated heterocycles. The summed E-state index contributed by atoms with van der Waals surface area (Å²) in [5, 5.41) is 12.5. The molecule has 1 aromatic carbocycles. The molecule has 1 amide bonds. The second-order valence-electron chi connectivity index (χ2n) is 6.33. The van der Waals surface area contributed by atoms with Gasteiger partial charge in [0.2, 0.25) is 0 Å². The van der Waals surface area contributed by atoms with Crippen LogP contribution in [0.15, 0.2) is 29.4 Å². The van der Waals surface area contributed by atoms with Gasteiger partial charge in [-0.15, -0.1) is 10.2 Å². The zero-order valence-corrected chi connectivity index (χ0v) is 15.7. The fourth-order valence-corrected chi connectivity index (χ4v) is 2.98. The Balaban J connectivity index is 1.85. The maximum Gasteiger partial charge on any atom is 0.251 e. The molecular formula is C18H26N4OS. The van der Waals surface area contributed by atoms with Crippen molar-refractivity contribution in [3.05, 3.63) is 41.2 Å². The molecule has 6 heteroatoms. The van der Waals surface area contributed by atoms with Crippen molar-refractivity contribution in [1.82, 2.24) is 20.1 Å². The van der Waals surface area contributed by atoms with E-state index in [-0.39, 0.29) is 5.91 Å². The Morgan fingerprint density at radius 3 is 2.58 bits per heavy atom. The van der Waals surface area contributed by atoms with Crippen LogP contribution < -0.4 is 5.32 Å². The molecule has 1 aromatic heterocycles. The van der Waals surface area contributed by atoms with Crippen LogP contribution in [0.4, 0.5) is 0 Å². The number of aryl methyl sites for hydroxylation is 2. The number of benzene rings is 1. The Kier molecular flexibility index (Phi) is 6.85. The number of hydrogen-bond acceptors (Lipinski definition) is 4. The molecule has 0 radical (unpaired) electrons. The van der Waals surface area contributed by atoms with Gasteiger partial charge in [-0.25, -0.2) is 0 Å². The van der Waals surface area contributed by atoms with Crippen LogP contribution in [0.1, 0.15) is 42.0 Å². The maximum absolute atomic E-state index is 12.1. The van der Waals surface area contributed by atoms with Crippen molar-refractivity contribution in [3.8, 4) is 0 Å². The molecule has 0 aliphatic heterocycles. The first-order valence-electron chi connectivity index (χ1n) is 8.32. The van der Waals surface area contributed by atoms with Crippen LogP contribution in [-0.4, -0.2) is 33.5 Å². The fourth-order valence-electron chi connectivity index (χ4n) is 2.46. The zero-order valence-electron chi connectivity index (χ0n) is 14.9. The van der Waals surface area contributed by atoms with Crippen LogP contribution in [0.3, 0.4) is 0 Å². The molecular weight excluding hydrogens is 320 g/mol. The van der Waals surface area contributed by atoms with E-state index in [1.807, 2.05) is 37.4 Å². The number of carbonyl (C=O) groups excluding carboxylic acids is 1. The molecule has 0 saturated carbocycles. The van der Waals surface area contributed by atoms with E-state index in [1.54, 1.807) is 11.8 Å². The third-order valence-corrected chi connectivity index (χ3v) is 4.37. The van der Waals surface area contributed by atoms with Gasteiger partial charge in [-0.05, 0) is 37.7 Å². The molecule has 130 valence electrons. The van der Waals surface area contributed by atoms with Gasteiger partial charge in [0.1, 0.15) is 5.82 Å². The second kappa shape index (κ2) is 8.87. The minimum absolute atomic E-state index is 0.0246. The zero-order chi connectivity index (χ0) is 17.5. The van der Waals surface area contributed by atoms with Crippen LogP contribution >= 0.6 is 11.8 Å². The van der Waals surface area contributed by atoms with E-state index in [2.05, 4.69) is 33.9 Å². The largest absolute Gasteiger partial charge is 0.352 e. The van der Waals surface area contributed by atoms with Gasteiger partial charge >= 0.3 is 0 Å². The molecule has 0 unspecified atom stereocenters. The van der Waals surface area contributed by atoms with Crippen molar-refractivity contribution in [2.24, 2.45) is 5.92 Å². The van der Waals surface area contributed by atoms with Gasteiger partial charge in [-0.3, -0.25) is 4.79 Å². The molecule has 2 aromatic rings.